The zero-order chi connectivity index (χ0) is 18.1. The highest BCUT2D eigenvalue weighted by Crippen LogP contribution is 2.38. The molecule has 3 aromatic rings. The highest BCUT2D eigenvalue weighted by atomic mass is 35.5. The normalized spacial score (nSPS) is 12.2. The number of aromatic amines is 1. The second-order valence-electron chi connectivity index (χ2n) is 5.81. The third-order valence-electron chi connectivity index (χ3n) is 4.17. The Hall–Kier alpha value is -2.99. The molecule has 0 aliphatic carbocycles. The fourth-order valence-corrected chi connectivity index (χ4v) is 3.03. The number of nitrogens with zero attached hydrogens (tertiary/aromatic N) is 1. The van der Waals surface area contributed by atoms with Crippen LogP contribution in [0.5, 0.6) is 11.5 Å². The van der Waals surface area contributed by atoms with Crippen LogP contribution in [0.25, 0.3) is 11.3 Å². The maximum Gasteiger partial charge on any atom is 0.255 e. The molecule has 1 amide bonds. The molecular formula is C19H16ClN3O3. The van der Waals surface area contributed by atoms with Crippen LogP contribution in [0.15, 0.2) is 42.5 Å². The topological polar surface area (TPSA) is 76.2 Å². The number of rotatable bonds is 4. The molecule has 0 saturated heterocycles. The fourth-order valence-electron chi connectivity index (χ4n) is 2.84. The smallest absolute Gasteiger partial charge is 0.255 e. The molecule has 6 nitrogen and oxygen atoms in total. The minimum absolute atomic E-state index is 0.206. The van der Waals surface area contributed by atoms with E-state index in [-0.39, 0.29) is 12.7 Å². The van der Waals surface area contributed by atoms with Crippen LogP contribution >= 0.6 is 11.6 Å². The summed E-state index contributed by atoms with van der Waals surface area (Å²) >= 11 is 5.99. The van der Waals surface area contributed by atoms with Gasteiger partial charge in [0.2, 0.25) is 6.79 Å². The first-order valence-electron chi connectivity index (χ1n) is 8.20. The number of ether oxygens (including phenoxy) is 2. The van der Waals surface area contributed by atoms with Gasteiger partial charge in [-0.15, -0.1) is 0 Å². The third kappa shape index (κ3) is 2.99. The van der Waals surface area contributed by atoms with E-state index in [1.54, 1.807) is 24.3 Å². The predicted molar refractivity (Wildman–Crippen MR) is 98.9 cm³/mol. The summed E-state index contributed by atoms with van der Waals surface area (Å²) in [6.07, 6.45) is 0.697. The molecule has 1 aliphatic rings. The number of H-pyrrole nitrogens is 1. The van der Waals surface area contributed by atoms with Gasteiger partial charge < -0.3 is 14.8 Å². The Bertz CT molecular complexity index is 984. The molecule has 0 fully saturated rings. The van der Waals surface area contributed by atoms with Crippen LogP contribution in [0.4, 0.5) is 5.69 Å². The van der Waals surface area contributed by atoms with Crippen LogP contribution in [0.2, 0.25) is 5.02 Å². The summed E-state index contributed by atoms with van der Waals surface area (Å²) in [7, 11) is 0. The van der Waals surface area contributed by atoms with E-state index in [4.69, 9.17) is 21.1 Å². The van der Waals surface area contributed by atoms with E-state index < -0.39 is 0 Å². The highest BCUT2D eigenvalue weighted by Gasteiger charge is 2.20. The summed E-state index contributed by atoms with van der Waals surface area (Å²) in [5.41, 5.74) is 3.45. The standard InChI is InChI=1S/C19H16ClN3O3/c1-2-14-18(21-19(24)12-4-3-5-13(20)8-12)17(23-22-14)11-6-7-15-16(9-11)26-10-25-15/h3-9H,2,10H2,1H3,(H,21,24)(H,22,23). The summed E-state index contributed by atoms with van der Waals surface area (Å²) in [6, 6.07) is 12.4. The monoisotopic (exact) mass is 369 g/mol. The van der Waals surface area contributed by atoms with E-state index in [2.05, 4.69) is 15.5 Å². The van der Waals surface area contributed by atoms with Crippen molar-refractivity contribution >= 4 is 23.2 Å². The maximum absolute atomic E-state index is 12.6. The molecule has 2 N–H and O–H groups in total. The van der Waals surface area contributed by atoms with Crippen LogP contribution < -0.4 is 14.8 Å². The number of halogens is 1. The van der Waals surface area contributed by atoms with Gasteiger partial charge in [0.05, 0.1) is 11.4 Å². The van der Waals surface area contributed by atoms with Crippen molar-refractivity contribution in [2.24, 2.45) is 0 Å². The largest absolute Gasteiger partial charge is 0.454 e. The van der Waals surface area contributed by atoms with Crippen molar-refractivity contribution in [3.63, 3.8) is 0 Å². The molecule has 132 valence electrons. The first kappa shape index (κ1) is 16.5. The van der Waals surface area contributed by atoms with Crippen molar-refractivity contribution in [1.29, 1.82) is 0 Å². The van der Waals surface area contributed by atoms with Crippen LogP contribution in [-0.2, 0) is 6.42 Å². The average Bonchev–Trinajstić information content (AvgIpc) is 3.27. The molecule has 0 spiro atoms. The molecular weight excluding hydrogens is 354 g/mol. The minimum atomic E-state index is -0.245. The lowest BCUT2D eigenvalue weighted by Crippen LogP contribution is -2.13. The Morgan fingerprint density at radius 3 is 2.88 bits per heavy atom. The van der Waals surface area contributed by atoms with E-state index in [0.717, 1.165) is 11.3 Å². The maximum atomic E-state index is 12.6. The number of aryl methyl sites for hydroxylation is 1. The average molecular weight is 370 g/mol. The van der Waals surface area contributed by atoms with E-state index in [1.165, 1.54) is 0 Å². The molecule has 7 heteroatoms. The van der Waals surface area contributed by atoms with Crippen LogP contribution in [0, 0.1) is 0 Å². The number of benzene rings is 2. The number of carbonyl (C=O) groups excluding carboxylic acids is 1. The molecule has 1 aromatic heterocycles. The van der Waals surface area contributed by atoms with Crippen molar-refractivity contribution < 1.29 is 14.3 Å². The van der Waals surface area contributed by atoms with Crippen molar-refractivity contribution in [2.75, 3.05) is 12.1 Å². The molecule has 0 unspecified atom stereocenters. The van der Waals surface area contributed by atoms with Gasteiger partial charge in [-0.25, -0.2) is 0 Å². The molecule has 0 radical (unpaired) electrons. The Morgan fingerprint density at radius 2 is 2.08 bits per heavy atom. The van der Waals surface area contributed by atoms with Crippen LogP contribution in [-0.4, -0.2) is 22.9 Å². The number of aromatic nitrogens is 2. The van der Waals surface area contributed by atoms with Crippen molar-refractivity contribution in [2.45, 2.75) is 13.3 Å². The number of amides is 1. The Morgan fingerprint density at radius 1 is 1.23 bits per heavy atom. The first-order valence-corrected chi connectivity index (χ1v) is 8.57. The Labute approximate surface area is 155 Å². The zero-order valence-corrected chi connectivity index (χ0v) is 14.8. The predicted octanol–water partition coefficient (Wildman–Crippen LogP) is 4.27. The van der Waals surface area contributed by atoms with Gasteiger partial charge in [0.1, 0.15) is 5.69 Å². The van der Waals surface area contributed by atoms with Gasteiger partial charge in [0.15, 0.2) is 11.5 Å². The summed E-state index contributed by atoms with van der Waals surface area (Å²) < 4.78 is 10.8. The van der Waals surface area contributed by atoms with Gasteiger partial charge >= 0.3 is 0 Å². The van der Waals surface area contributed by atoms with Gasteiger partial charge in [-0.3, -0.25) is 9.89 Å². The molecule has 1 aliphatic heterocycles. The number of carbonyl (C=O) groups is 1. The Balaban J connectivity index is 1.70. The van der Waals surface area contributed by atoms with Crippen molar-refractivity contribution in [1.82, 2.24) is 10.2 Å². The van der Waals surface area contributed by atoms with Gasteiger partial charge in [0, 0.05) is 16.1 Å². The van der Waals surface area contributed by atoms with Crippen molar-refractivity contribution in [3.8, 4) is 22.8 Å². The lowest BCUT2D eigenvalue weighted by atomic mass is 10.1. The van der Waals surface area contributed by atoms with E-state index in [1.807, 2.05) is 25.1 Å². The van der Waals surface area contributed by atoms with E-state index in [0.29, 0.717) is 39.9 Å². The van der Waals surface area contributed by atoms with Gasteiger partial charge in [-0.05, 0) is 42.8 Å². The molecule has 2 aromatic carbocycles. The van der Waals surface area contributed by atoms with Gasteiger partial charge in [-0.2, -0.15) is 5.10 Å². The number of hydrogen-bond acceptors (Lipinski definition) is 4. The van der Waals surface area contributed by atoms with E-state index in [9.17, 15) is 4.79 Å². The second-order valence-corrected chi connectivity index (χ2v) is 6.25. The zero-order valence-electron chi connectivity index (χ0n) is 14.0. The second kappa shape index (κ2) is 6.72. The molecule has 2 heterocycles. The molecule has 0 bridgehead atoms. The minimum Gasteiger partial charge on any atom is -0.454 e. The van der Waals surface area contributed by atoms with E-state index >= 15 is 0 Å². The molecule has 4 rings (SSSR count). The first-order chi connectivity index (χ1) is 12.7. The number of hydrogen-bond donors (Lipinski definition) is 2. The Kier molecular flexibility index (Phi) is 4.26. The third-order valence-corrected chi connectivity index (χ3v) is 4.40. The molecule has 0 atom stereocenters. The SMILES string of the molecule is CCc1[nH]nc(-c2ccc3c(c2)OCO3)c1NC(=O)c1cccc(Cl)c1. The van der Waals surface area contributed by atoms with Crippen LogP contribution in [0.3, 0.4) is 0 Å². The quantitative estimate of drug-likeness (QED) is 0.720. The summed E-state index contributed by atoms with van der Waals surface area (Å²) in [5.74, 6) is 1.12. The van der Waals surface area contributed by atoms with Crippen LogP contribution in [0.1, 0.15) is 23.0 Å². The summed E-state index contributed by atoms with van der Waals surface area (Å²) in [5, 5.41) is 10.8. The number of fused-ring (bicyclic) bond motifs is 1. The van der Waals surface area contributed by atoms with Gasteiger partial charge in [-0.1, -0.05) is 24.6 Å². The van der Waals surface area contributed by atoms with Gasteiger partial charge in [0.25, 0.3) is 5.91 Å². The number of anilines is 1. The molecule has 26 heavy (non-hydrogen) atoms. The number of nitrogens with one attached hydrogen (secondary N) is 2. The fraction of sp³-hybridized carbons (Fsp3) is 0.158. The molecule has 0 saturated carbocycles. The summed E-state index contributed by atoms with van der Waals surface area (Å²) in [4.78, 5) is 12.6. The highest BCUT2D eigenvalue weighted by molar-refractivity contribution is 6.31. The lowest BCUT2D eigenvalue weighted by molar-refractivity contribution is 0.102. The van der Waals surface area contributed by atoms with Crippen molar-refractivity contribution in [3.05, 3.63) is 58.7 Å². The summed E-state index contributed by atoms with van der Waals surface area (Å²) in [6.45, 7) is 2.20. The lowest BCUT2D eigenvalue weighted by Gasteiger charge is -2.09.